The smallest absolute Gasteiger partial charge is 0.256 e. The van der Waals surface area contributed by atoms with Crippen LogP contribution in [0.25, 0.3) is 10.9 Å². The number of likely N-dealkylation sites (N-methyl/N-ethyl adjacent to an activating group) is 1. The van der Waals surface area contributed by atoms with Crippen molar-refractivity contribution in [3.63, 3.8) is 0 Å². The van der Waals surface area contributed by atoms with E-state index < -0.39 is 0 Å². The van der Waals surface area contributed by atoms with E-state index in [9.17, 15) is 4.79 Å². The van der Waals surface area contributed by atoms with Crippen LogP contribution < -0.4 is 0 Å². The van der Waals surface area contributed by atoms with Gasteiger partial charge in [0.15, 0.2) is 0 Å². The minimum atomic E-state index is 0.184. The first-order chi connectivity index (χ1) is 11.2. The van der Waals surface area contributed by atoms with Crippen molar-refractivity contribution in [1.29, 1.82) is 0 Å². The zero-order chi connectivity index (χ0) is 16.2. The van der Waals surface area contributed by atoms with Gasteiger partial charge in [-0.15, -0.1) is 0 Å². The second-order valence-corrected chi connectivity index (χ2v) is 6.56. The summed E-state index contributed by atoms with van der Waals surface area (Å²) in [5.74, 6) is 0.184. The lowest BCUT2D eigenvalue weighted by molar-refractivity contribution is 0.0666. The number of unbranched alkanes of at least 4 members (excludes halogenated alkanes) is 2. The van der Waals surface area contributed by atoms with Crippen molar-refractivity contribution in [1.82, 2.24) is 14.4 Å². The second kappa shape index (κ2) is 7.18. The number of aromatic nitrogens is 1. The number of piperazine rings is 1. The van der Waals surface area contributed by atoms with Crippen molar-refractivity contribution in [3.8, 4) is 0 Å². The van der Waals surface area contributed by atoms with Crippen LogP contribution in [-0.4, -0.2) is 53.5 Å². The lowest BCUT2D eigenvalue weighted by Gasteiger charge is -2.32. The summed E-state index contributed by atoms with van der Waals surface area (Å²) in [6.45, 7) is 6.78. The van der Waals surface area contributed by atoms with Crippen LogP contribution in [0.2, 0.25) is 0 Å². The normalized spacial score (nSPS) is 16.2. The molecular formula is C19H27N3O. The fourth-order valence-corrected chi connectivity index (χ4v) is 3.31. The Balaban J connectivity index is 1.86. The largest absolute Gasteiger partial charge is 0.347 e. The van der Waals surface area contributed by atoms with Gasteiger partial charge in [0.1, 0.15) is 0 Å². The van der Waals surface area contributed by atoms with Gasteiger partial charge in [0.2, 0.25) is 0 Å². The predicted molar refractivity (Wildman–Crippen MR) is 94.9 cm³/mol. The molecule has 4 heteroatoms. The molecule has 4 nitrogen and oxygen atoms in total. The van der Waals surface area contributed by atoms with Gasteiger partial charge < -0.3 is 14.4 Å². The number of hydrogen-bond donors (Lipinski definition) is 0. The van der Waals surface area contributed by atoms with Crippen LogP contribution in [-0.2, 0) is 6.54 Å². The van der Waals surface area contributed by atoms with E-state index in [1.165, 1.54) is 18.4 Å². The van der Waals surface area contributed by atoms with Gasteiger partial charge in [-0.2, -0.15) is 0 Å². The molecule has 0 spiro atoms. The summed E-state index contributed by atoms with van der Waals surface area (Å²) in [7, 11) is 2.11. The number of amides is 1. The summed E-state index contributed by atoms with van der Waals surface area (Å²) >= 11 is 0. The van der Waals surface area contributed by atoms with Crippen LogP contribution in [0.3, 0.4) is 0 Å². The molecule has 0 saturated carbocycles. The van der Waals surface area contributed by atoms with E-state index >= 15 is 0 Å². The molecular weight excluding hydrogens is 286 g/mol. The van der Waals surface area contributed by atoms with E-state index in [2.05, 4.69) is 47.8 Å². The van der Waals surface area contributed by atoms with Gasteiger partial charge >= 0.3 is 0 Å². The van der Waals surface area contributed by atoms with Gasteiger partial charge in [-0.3, -0.25) is 4.79 Å². The first-order valence-corrected chi connectivity index (χ1v) is 8.76. The fourth-order valence-electron chi connectivity index (χ4n) is 3.31. The van der Waals surface area contributed by atoms with Gasteiger partial charge in [-0.25, -0.2) is 0 Å². The second-order valence-electron chi connectivity index (χ2n) is 6.56. The van der Waals surface area contributed by atoms with Crippen LogP contribution in [0.5, 0.6) is 0 Å². The molecule has 1 aromatic heterocycles. The van der Waals surface area contributed by atoms with Gasteiger partial charge in [0.05, 0.1) is 5.56 Å². The van der Waals surface area contributed by atoms with Crippen LogP contribution in [0.15, 0.2) is 30.5 Å². The van der Waals surface area contributed by atoms with Crippen LogP contribution >= 0.6 is 0 Å². The van der Waals surface area contributed by atoms with E-state index in [4.69, 9.17) is 0 Å². The Morgan fingerprint density at radius 1 is 1.09 bits per heavy atom. The Hall–Kier alpha value is -1.81. The Morgan fingerprint density at radius 3 is 2.57 bits per heavy atom. The summed E-state index contributed by atoms with van der Waals surface area (Å²) in [6.07, 6.45) is 5.68. The monoisotopic (exact) mass is 313 g/mol. The summed E-state index contributed by atoms with van der Waals surface area (Å²) in [4.78, 5) is 17.2. The highest BCUT2D eigenvalue weighted by Crippen LogP contribution is 2.23. The number of carbonyl (C=O) groups is 1. The van der Waals surface area contributed by atoms with Gasteiger partial charge in [-0.1, -0.05) is 38.0 Å². The van der Waals surface area contributed by atoms with Gasteiger partial charge in [-0.05, 0) is 19.5 Å². The molecule has 0 aliphatic carbocycles. The molecule has 0 unspecified atom stereocenters. The third-order valence-corrected chi connectivity index (χ3v) is 4.81. The molecule has 2 heterocycles. The highest BCUT2D eigenvalue weighted by molar-refractivity contribution is 6.07. The molecule has 3 rings (SSSR count). The number of fused-ring (bicyclic) bond motifs is 1. The lowest BCUT2D eigenvalue weighted by Crippen LogP contribution is -2.47. The number of hydrogen-bond acceptors (Lipinski definition) is 2. The number of rotatable bonds is 5. The first-order valence-electron chi connectivity index (χ1n) is 8.76. The molecule has 2 aromatic rings. The lowest BCUT2D eigenvalue weighted by atomic mass is 10.1. The molecule has 1 saturated heterocycles. The van der Waals surface area contributed by atoms with E-state index in [-0.39, 0.29) is 5.91 Å². The minimum Gasteiger partial charge on any atom is -0.347 e. The van der Waals surface area contributed by atoms with Crippen molar-refractivity contribution < 1.29 is 4.79 Å². The zero-order valence-corrected chi connectivity index (χ0v) is 14.3. The van der Waals surface area contributed by atoms with Crippen molar-refractivity contribution in [2.24, 2.45) is 0 Å². The van der Waals surface area contributed by atoms with Crippen molar-refractivity contribution in [2.75, 3.05) is 33.2 Å². The molecule has 0 atom stereocenters. The first kappa shape index (κ1) is 16.1. The number of aryl methyl sites for hydroxylation is 1. The third kappa shape index (κ3) is 3.42. The molecule has 0 N–H and O–H groups in total. The van der Waals surface area contributed by atoms with E-state index in [1.54, 1.807) is 0 Å². The van der Waals surface area contributed by atoms with E-state index in [0.29, 0.717) is 0 Å². The Labute approximate surface area is 138 Å². The summed E-state index contributed by atoms with van der Waals surface area (Å²) in [5, 5.41) is 1.09. The zero-order valence-electron chi connectivity index (χ0n) is 14.3. The molecule has 0 radical (unpaired) electrons. The highest BCUT2D eigenvalue weighted by atomic mass is 16.2. The van der Waals surface area contributed by atoms with Gasteiger partial charge in [0, 0.05) is 49.8 Å². The third-order valence-electron chi connectivity index (χ3n) is 4.81. The molecule has 124 valence electrons. The van der Waals surface area contributed by atoms with Crippen molar-refractivity contribution in [3.05, 3.63) is 36.0 Å². The van der Waals surface area contributed by atoms with Crippen LogP contribution in [0, 0.1) is 0 Å². The Bertz CT molecular complexity index is 668. The quantitative estimate of drug-likeness (QED) is 0.793. The summed E-state index contributed by atoms with van der Waals surface area (Å²) in [6, 6.07) is 8.29. The molecule has 1 amide bonds. The summed E-state index contributed by atoms with van der Waals surface area (Å²) < 4.78 is 2.26. The van der Waals surface area contributed by atoms with Crippen LogP contribution in [0.1, 0.15) is 36.5 Å². The Morgan fingerprint density at radius 2 is 1.83 bits per heavy atom. The molecule has 1 aliphatic heterocycles. The molecule has 23 heavy (non-hydrogen) atoms. The van der Waals surface area contributed by atoms with Crippen molar-refractivity contribution >= 4 is 16.8 Å². The highest BCUT2D eigenvalue weighted by Gasteiger charge is 2.23. The van der Waals surface area contributed by atoms with Crippen molar-refractivity contribution in [2.45, 2.75) is 32.7 Å². The Kier molecular flexibility index (Phi) is 5.01. The summed E-state index contributed by atoms with van der Waals surface area (Å²) in [5.41, 5.74) is 2.04. The van der Waals surface area contributed by atoms with E-state index in [0.717, 1.165) is 50.1 Å². The fraction of sp³-hybridized carbons (Fsp3) is 0.526. The number of carbonyl (C=O) groups excluding carboxylic acids is 1. The van der Waals surface area contributed by atoms with Crippen LogP contribution in [0.4, 0.5) is 0 Å². The molecule has 0 bridgehead atoms. The average molecular weight is 313 g/mol. The maximum atomic E-state index is 13.0. The number of nitrogens with zero attached hydrogens (tertiary/aromatic N) is 3. The topological polar surface area (TPSA) is 28.5 Å². The van der Waals surface area contributed by atoms with E-state index in [1.807, 2.05) is 11.0 Å². The van der Waals surface area contributed by atoms with Gasteiger partial charge in [0.25, 0.3) is 5.91 Å². The standard InChI is InChI=1S/C19H27N3O/c1-3-4-7-10-22-15-17(16-8-5-6-9-18(16)22)19(23)21-13-11-20(2)12-14-21/h5-6,8-9,15H,3-4,7,10-14H2,1-2H3. The predicted octanol–water partition coefficient (Wildman–Crippen LogP) is 3.22. The minimum absolute atomic E-state index is 0.184. The number of benzene rings is 1. The molecule has 1 aliphatic rings. The average Bonchev–Trinajstić information content (AvgIpc) is 2.94. The SMILES string of the molecule is CCCCCn1cc(C(=O)N2CCN(C)CC2)c2ccccc21. The maximum Gasteiger partial charge on any atom is 0.256 e. The maximum absolute atomic E-state index is 13.0. The molecule has 1 fully saturated rings. The molecule has 1 aromatic carbocycles. The number of para-hydroxylation sites is 1.